The van der Waals surface area contributed by atoms with E-state index in [0.717, 1.165) is 39.5 Å². The molecule has 0 amide bonds. The Kier molecular flexibility index (Phi) is 6.85. The molecule has 0 saturated heterocycles. The maximum atomic E-state index is 12.7. The topological polar surface area (TPSA) is 61.6 Å². The fourth-order valence-electron chi connectivity index (χ4n) is 2.08. The van der Waals surface area contributed by atoms with Gasteiger partial charge in [-0.25, -0.2) is 4.98 Å². The van der Waals surface area contributed by atoms with E-state index in [1.54, 1.807) is 12.3 Å². The summed E-state index contributed by atoms with van der Waals surface area (Å²) < 4.78 is 43.4. The highest BCUT2D eigenvalue weighted by Crippen LogP contribution is 2.38. The van der Waals surface area contributed by atoms with E-state index >= 15 is 0 Å². The average molecular weight is 518 g/mol. The van der Waals surface area contributed by atoms with Crippen LogP contribution in [0.3, 0.4) is 0 Å². The van der Waals surface area contributed by atoms with Gasteiger partial charge in [0.2, 0.25) is 0 Å². The van der Waals surface area contributed by atoms with Crippen LogP contribution in [0.25, 0.3) is 6.08 Å². The highest BCUT2D eigenvalue weighted by atomic mass is 79.9. The Balaban J connectivity index is 1.77. The number of nitriles is 1. The van der Waals surface area contributed by atoms with Gasteiger partial charge in [0, 0.05) is 22.6 Å². The Morgan fingerprint density at radius 1 is 1.24 bits per heavy atom. The van der Waals surface area contributed by atoms with Crippen molar-refractivity contribution >= 4 is 62.6 Å². The van der Waals surface area contributed by atoms with Gasteiger partial charge in [0.25, 0.3) is 0 Å². The molecule has 0 aliphatic carbocycles. The Labute approximate surface area is 185 Å². The normalized spacial score (nSPS) is 11.6. The molecule has 29 heavy (non-hydrogen) atoms. The fraction of sp³-hybridized carbons (Fsp3) is 0.0556. The van der Waals surface area contributed by atoms with E-state index in [4.69, 9.17) is 11.6 Å². The zero-order valence-electron chi connectivity index (χ0n) is 14.2. The van der Waals surface area contributed by atoms with E-state index in [1.807, 2.05) is 24.3 Å². The van der Waals surface area contributed by atoms with Crippen LogP contribution in [-0.4, -0.2) is 9.36 Å². The first-order valence-corrected chi connectivity index (χ1v) is 10.5. The van der Waals surface area contributed by atoms with Crippen molar-refractivity contribution in [3.05, 3.63) is 68.2 Å². The largest absolute Gasteiger partial charge is 0.417 e. The van der Waals surface area contributed by atoms with E-state index in [1.165, 1.54) is 0 Å². The second kappa shape index (κ2) is 9.17. The van der Waals surface area contributed by atoms with Gasteiger partial charge in [0.15, 0.2) is 0 Å². The van der Waals surface area contributed by atoms with Gasteiger partial charge in [-0.2, -0.15) is 22.8 Å². The van der Waals surface area contributed by atoms with Crippen molar-refractivity contribution in [1.82, 2.24) is 9.36 Å². The number of pyridine rings is 1. The van der Waals surface area contributed by atoms with Crippen molar-refractivity contribution in [3.63, 3.8) is 0 Å². The quantitative estimate of drug-likeness (QED) is 0.392. The monoisotopic (exact) mass is 516 g/mol. The number of hydrogen-bond donors (Lipinski definition) is 1. The first-order valence-electron chi connectivity index (χ1n) is 7.77. The molecule has 3 aromatic rings. The minimum atomic E-state index is -4.53. The van der Waals surface area contributed by atoms with Crippen molar-refractivity contribution in [3.8, 4) is 6.07 Å². The molecule has 148 valence electrons. The van der Waals surface area contributed by atoms with Gasteiger partial charge >= 0.3 is 6.18 Å². The van der Waals surface area contributed by atoms with Gasteiger partial charge in [-0.15, -0.1) is 0 Å². The first kappa shape index (κ1) is 21.6. The smallest absolute Gasteiger partial charge is 0.362 e. The predicted molar refractivity (Wildman–Crippen MR) is 112 cm³/mol. The third-order valence-corrected chi connectivity index (χ3v) is 6.32. The average Bonchev–Trinajstić information content (AvgIpc) is 3.05. The van der Waals surface area contributed by atoms with Gasteiger partial charge in [-0.3, -0.25) is 0 Å². The number of nitrogens with zero attached hydrogens (tertiary/aromatic N) is 3. The van der Waals surface area contributed by atoms with Crippen LogP contribution >= 0.6 is 50.8 Å². The van der Waals surface area contributed by atoms with Crippen LogP contribution < -0.4 is 5.32 Å². The highest BCUT2D eigenvalue weighted by molar-refractivity contribution is 9.10. The number of halogens is 5. The molecule has 0 unspecified atom stereocenters. The molecule has 0 atom stereocenters. The minimum absolute atomic E-state index is 0.144. The lowest BCUT2D eigenvalue weighted by Crippen LogP contribution is -2.05. The lowest BCUT2D eigenvalue weighted by atomic mass is 10.3. The van der Waals surface area contributed by atoms with Crippen LogP contribution in [0.15, 0.2) is 57.3 Å². The van der Waals surface area contributed by atoms with Crippen molar-refractivity contribution in [2.75, 3.05) is 5.32 Å². The predicted octanol–water partition coefficient (Wildman–Crippen LogP) is 7.08. The molecule has 1 N–H and O–H groups in total. The third kappa shape index (κ3) is 5.51. The molecule has 0 aliphatic heterocycles. The Bertz CT molecular complexity index is 1090. The number of nitrogens with one attached hydrogen (secondary N) is 1. The van der Waals surface area contributed by atoms with Gasteiger partial charge in [0.1, 0.15) is 21.7 Å². The molecule has 0 aliphatic rings. The zero-order valence-corrected chi connectivity index (χ0v) is 18.1. The van der Waals surface area contributed by atoms with Crippen LogP contribution in [0.2, 0.25) is 5.02 Å². The molecule has 0 bridgehead atoms. The Morgan fingerprint density at radius 3 is 2.59 bits per heavy atom. The maximum absolute atomic E-state index is 12.7. The number of alkyl halides is 3. The van der Waals surface area contributed by atoms with Gasteiger partial charge in [-0.1, -0.05) is 27.5 Å². The highest BCUT2D eigenvalue weighted by Gasteiger charge is 2.31. The van der Waals surface area contributed by atoms with Crippen molar-refractivity contribution in [2.45, 2.75) is 16.2 Å². The van der Waals surface area contributed by atoms with E-state index in [-0.39, 0.29) is 10.0 Å². The number of hydrogen-bond acceptors (Lipinski definition) is 6. The first-order chi connectivity index (χ1) is 13.8. The lowest BCUT2D eigenvalue weighted by molar-refractivity contribution is -0.137. The molecule has 0 fully saturated rings. The molecule has 0 radical (unpaired) electrons. The van der Waals surface area contributed by atoms with E-state index < -0.39 is 11.7 Å². The minimum Gasteiger partial charge on any atom is -0.362 e. The van der Waals surface area contributed by atoms with Crippen LogP contribution in [0.5, 0.6) is 0 Å². The van der Waals surface area contributed by atoms with Gasteiger partial charge in [-0.05, 0) is 59.7 Å². The molecule has 0 saturated carbocycles. The SMILES string of the molecule is N#Cc1c(Sc2ncc(C(F)(F)F)cc2Cl)nsc1C=CNc1ccc(Br)cc1. The van der Waals surface area contributed by atoms with Crippen LogP contribution in [0, 0.1) is 11.3 Å². The third-order valence-electron chi connectivity index (χ3n) is 3.46. The summed E-state index contributed by atoms with van der Waals surface area (Å²) in [5.74, 6) is 0. The summed E-state index contributed by atoms with van der Waals surface area (Å²) in [5.41, 5.74) is 0.225. The summed E-state index contributed by atoms with van der Waals surface area (Å²) in [6, 6.07) is 10.4. The molecule has 0 spiro atoms. The Morgan fingerprint density at radius 2 is 1.97 bits per heavy atom. The fourth-order valence-corrected chi connectivity index (χ4v) is 4.29. The molecular formula is C18H9BrClF3N4S2. The van der Waals surface area contributed by atoms with E-state index in [2.05, 4.69) is 36.7 Å². The van der Waals surface area contributed by atoms with Crippen molar-refractivity contribution in [2.24, 2.45) is 0 Å². The summed E-state index contributed by atoms with van der Waals surface area (Å²) in [4.78, 5) is 4.37. The number of rotatable bonds is 5. The summed E-state index contributed by atoms with van der Waals surface area (Å²) in [6.45, 7) is 0. The molecule has 11 heteroatoms. The number of aromatic nitrogens is 2. The van der Waals surface area contributed by atoms with E-state index in [9.17, 15) is 18.4 Å². The summed E-state index contributed by atoms with van der Waals surface area (Å²) in [6.07, 6.45) is -0.451. The van der Waals surface area contributed by atoms with Gasteiger partial charge in [0.05, 0.1) is 15.5 Å². The van der Waals surface area contributed by atoms with Crippen LogP contribution in [-0.2, 0) is 6.18 Å². The Hall–Kier alpha value is -2.06. The molecule has 1 aromatic carbocycles. The number of benzene rings is 1. The number of anilines is 1. The van der Waals surface area contributed by atoms with Crippen LogP contribution in [0.4, 0.5) is 18.9 Å². The molecular weight excluding hydrogens is 509 g/mol. The van der Waals surface area contributed by atoms with E-state index in [0.29, 0.717) is 21.7 Å². The molecule has 4 nitrogen and oxygen atoms in total. The lowest BCUT2D eigenvalue weighted by Gasteiger charge is -2.08. The van der Waals surface area contributed by atoms with Crippen LogP contribution in [0.1, 0.15) is 16.0 Å². The maximum Gasteiger partial charge on any atom is 0.417 e. The second-order valence-corrected chi connectivity index (χ2v) is 8.54. The van der Waals surface area contributed by atoms with Gasteiger partial charge < -0.3 is 5.32 Å². The van der Waals surface area contributed by atoms with Crippen molar-refractivity contribution < 1.29 is 13.2 Å². The van der Waals surface area contributed by atoms with Crippen molar-refractivity contribution in [1.29, 1.82) is 5.26 Å². The molecule has 2 aromatic heterocycles. The molecule has 2 heterocycles. The molecule has 3 rings (SSSR count). The zero-order chi connectivity index (χ0) is 21.0. The second-order valence-electron chi connectivity index (χ2n) is 5.43. The standard InChI is InChI=1S/C18H9BrClF3N4S2/c19-11-1-3-12(4-2-11)25-6-5-15-13(8-24)16(27-29-15)28-17-14(20)7-10(9-26-17)18(21,22)23/h1-7,9,25H. The summed E-state index contributed by atoms with van der Waals surface area (Å²) in [7, 11) is 0. The summed E-state index contributed by atoms with van der Waals surface area (Å²) in [5, 5.41) is 12.9. The summed E-state index contributed by atoms with van der Waals surface area (Å²) >= 11 is 11.3.